The maximum absolute atomic E-state index is 12.4. The second-order valence-corrected chi connectivity index (χ2v) is 6.51. The van der Waals surface area contributed by atoms with E-state index in [9.17, 15) is 9.59 Å². The van der Waals surface area contributed by atoms with Crippen LogP contribution in [-0.2, 0) is 9.59 Å². The van der Waals surface area contributed by atoms with Crippen molar-refractivity contribution in [1.29, 1.82) is 0 Å². The number of nitrogens with zero attached hydrogens (tertiary/aromatic N) is 1. The third-order valence-corrected chi connectivity index (χ3v) is 4.92. The second-order valence-electron chi connectivity index (χ2n) is 4.72. The number of benzene rings is 1. The topological polar surface area (TPSA) is 57.6 Å². The minimum absolute atomic E-state index is 0.139. The molecule has 1 heterocycles. The van der Waals surface area contributed by atoms with Crippen LogP contribution in [0, 0.1) is 0 Å². The lowest BCUT2D eigenvalue weighted by Gasteiger charge is -2.24. The van der Waals surface area contributed by atoms with Crippen molar-refractivity contribution in [2.75, 3.05) is 6.54 Å². The molecular formula is C14H16ClNO3S. The number of amides is 1. The molecule has 0 spiro atoms. The molecule has 1 N–H and O–H groups in total. The van der Waals surface area contributed by atoms with Crippen LogP contribution in [0.5, 0.6) is 0 Å². The highest BCUT2D eigenvalue weighted by molar-refractivity contribution is 8.00. The van der Waals surface area contributed by atoms with E-state index in [0.717, 1.165) is 11.3 Å². The highest BCUT2D eigenvalue weighted by atomic mass is 35.5. The number of carboxylic acids is 1. The number of carbonyl (C=O) groups excluding carboxylic acids is 1. The van der Waals surface area contributed by atoms with Crippen molar-refractivity contribution in [2.24, 2.45) is 0 Å². The summed E-state index contributed by atoms with van der Waals surface area (Å²) in [4.78, 5) is 25.8. The third kappa shape index (κ3) is 3.27. The normalized spacial score (nSPS) is 19.9. The molecule has 2 rings (SSSR count). The van der Waals surface area contributed by atoms with Crippen LogP contribution >= 0.6 is 23.4 Å². The SMILES string of the molecule is CC(Sc1ccccc1Cl)C(=O)N1CCC[C@H]1C(=O)O. The van der Waals surface area contributed by atoms with Gasteiger partial charge >= 0.3 is 5.97 Å². The Labute approximate surface area is 127 Å². The summed E-state index contributed by atoms with van der Waals surface area (Å²) in [6, 6.07) is 6.64. The molecule has 0 bridgehead atoms. The molecule has 4 nitrogen and oxygen atoms in total. The summed E-state index contributed by atoms with van der Waals surface area (Å²) in [7, 11) is 0. The minimum atomic E-state index is -0.925. The molecule has 20 heavy (non-hydrogen) atoms. The zero-order valence-electron chi connectivity index (χ0n) is 11.1. The molecule has 1 aliphatic rings. The number of rotatable bonds is 4. The smallest absolute Gasteiger partial charge is 0.326 e. The molecular weight excluding hydrogens is 298 g/mol. The predicted molar refractivity (Wildman–Crippen MR) is 79.1 cm³/mol. The van der Waals surface area contributed by atoms with Crippen molar-refractivity contribution >= 4 is 35.2 Å². The summed E-state index contributed by atoms with van der Waals surface area (Å²) < 4.78 is 0. The Kier molecular flexibility index (Phi) is 4.94. The number of hydrogen-bond acceptors (Lipinski definition) is 3. The van der Waals surface area contributed by atoms with E-state index in [-0.39, 0.29) is 11.2 Å². The first-order chi connectivity index (χ1) is 9.50. The lowest BCUT2D eigenvalue weighted by Crippen LogP contribution is -2.43. The van der Waals surface area contributed by atoms with Gasteiger partial charge in [-0.15, -0.1) is 11.8 Å². The van der Waals surface area contributed by atoms with E-state index in [1.165, 1.54) is 16.7 Å². The van der Waals surface area contributed by atoms with Gasteiger partial charge in [0.15, 0.2) is 0 Å². The molecule has 6 heteroatoms. The molecule has 0 radical (unpaired) electrons. The van der Waals surface area contributed by atoms with Crippen LogP contribution in [0.15, 0.2) is 29.2 Å². The van der Waals surface area contributed by atoms with Gasteiger partial charge in [0, 0.05) is 11.4 Å². The number of aliphatic carboxylic acids is 1. The lowest BCUT2D eigenvalue weighted by molar-refractivity contribution is -0.147. The minimum Gasteiger partial charge on any atom is -0.480 e. The molecule has 1 fully saturated rings. The summed E-state index contributed by atoms with van der Waals surface area (Å²) in [6.07, 6.45) is 1.27. The Morgan fingerprint density at radius 3 is 2.80 bits per heavy atom. The summed E-state index contributed by atoms with van der Waals surface area (Å²) in [5.41, 5.74) is 0. The van der Waals surface area contributed by atoms with Gasteiger partial charge in [-0.1, -0.05) is 23.7 Å². The third-order valence-electron chi connectivity index (χ3n) is 3.31. The van der Waals surface area contributed by atoms with Crippen LogP contribution in [0.2, 0.25) is 5.02 Å². The summed E-state index contributed by atoms with van der Waals surface area (Å²) in [5.74, 6) is -1.06. The Hall–Kier alpha value is -1.20. The Morgan fingerprint density at radius 1 is 1.45 bits per heavy atom. The maximum atomic E-state index is 12.4. The van der Waals surface area contributed by atoms with Crippen molar-refractivity contribution in [2.45, 2.75) is 36.0 Å². The molecule has 0 aromatic heterocycles. The molecule has 1 saturated heterocycles. The van der Waals surface area contributed by atoms with Crippen LogP contribution in [0.25, 0.3) is 0 Å². The van der Waals surface area contributed by atoms with Crippen LogP contribution < -0.4 is 0 Å². The molecule has 1 unspecified atom stereocenters. The monoisotopic (exact) mass is 313 g/mol. The number of likely N-dealkylation sites (tertiary alicyclic amines) is 1. The predicted octanol–water partition coefficient (Wildman–Crippen LogP) is 2.90. The van der Waals surface area contributed by atoms with Gasteiger partial charge in [0.2, 0.25) is 5.91 Å². The van der Waals surface area contributed by atoms with Crippen LogP contribution in [0.4, 0.5) is 0 Å². The molecule has 0 saturated carbocycles. The largest absolute Gasteiger partial charge is 0.480 e. The maximum Gasteiger partial charge on any atom is 0.326 e. The standard InChI is InChI=1S/C14H16ClNO3S/c1-9(20-12-7-3-2-5-10(12)15)13(17)16-8-4-6-11(16)14(18)19/h2-3,5,7,9,11H,4,6,8H2,1H3,(H,18,19)/t9?,11-/m0/s1. The zero-order chi connectivity index (χ0) is 14.7. The Bertz CT molecular complexity index is 523. The zero-order valence-corrected chi connectivity index (χ0v) is 12.7. The van der Waals surface area contributed by atoms with Gasteiger partial charge < -0.3 is 10.0 Å². The molecule has 1 aromatic rings. The summed E-state index contributed by atoms with van der Waals surface area (Å²) in [6.45, 7) is 2.30. The van der Waals surface area contributed by atoms with E-state index in [2.05, 4.69) is 0 Å². The van der Waals surface area contributed by atoms with E-state index >= 15 is 0 Å². The van der Waals surface area contributed by atoms with Gasteiger partial charge in [-0.25, -0.2) is 4.79 Å². The van der Waals surface area contributed by atoms with Crippen LogP contribution in [0.3, 0.4) is 0 Å². The second kappa shape index (κ2) is 6.50. The van der Waals surface area contributed by atoms with Gasteiger partial charge in [0.05, 0.1) is 10.3 Å². The van der Waals surface area contributed by atoms with E-state index in [4.69, 9.17) is 16.7 Å². The number of halogens is 1. The number of thioether (sulfide) groups is 1. The van der Waals surface area contributed by atoms with Gasteiger partial charge in [0.25, 0.3) is 0 Å². The van der Waals surface area contributed by atoms with Crippen LogP contribution in [0.1, 0.15) is 19.8 Å². The number of hydrogen-bond donors (Lipinski definition) is 1. The Balaban J connectivity index is 2.05. The van der Waals surface area contributed by atoms with Crippen LogP contribution in [-0.4, -0.2) is 39.7 Å². The van der Waals surface area contributed by atoms with Crippen molar-refractivity contribution in [3.05, 3.63) is 29.3 Å². The molecule has 2 atom stereocenters. The van der Waals surface area contributed by atoms with E-state index < -0.39 is 12.0 Å². The van der Waals surface area contributed by atoms with Gasteiger partial charge in [-0.05, 0) is 31.9 Å². The van der Waals surface area contributed by atoms with Crippen molar-refractivity contribution in [1.82, 2.24) is 4.90 Å². The molecule has 1 aliphatic heterocycles. The van der Waals surface area contributed by atoms with E-state index in [0.29, 0.717) is 18.0 Å². The van der Waals surface area contributed by atoms with E-state index in [1.54, 1.807) is 13.0 Å². The van der Waals surface area contributed by atoms with Gasteiger partial charge in [-0.3, -0.25) is 4.79 Å². The molecule has 1 amide bonds. The van der Waals surface area contributed by atoms with Crippen molar-refractivity contribution in [3.8, 4) is 0 Å². The van der Waals surface area contributed by atoms with Gasteiger partial charge in [0.1, 0.15) is 6.04 Å². The lowest BCUT2D eigenvalue weighted by atomic mass is 10.2. The molecule has 108 valence electrons. The van der Waals surface area contributed by atoms with Gasteiger partial charge in [-0.2, -0.15) is 0 Å². The number of carbonyl (C=O) groups is 2. The highest BCUT2D eigenvalue weighted by Crippen LogP contribution is 2.32. The highest BCUT2D eigenvalue weighted by Gasteiger charge is 2.36. The fraction of sp³-hybridized carbons (Fsp3) is 0.429. The first kappa shape index (κ1) is 15.2. The summed E-state index contributed by atoms with van der Waals surface area (Å²) in [5, 5.41) is 9.38. The fourth-order valence-electron chi connectivity index (χ4n) is 2.30. The van der Waals surface area contributed by atoms with Crippen molar-refractivity contribution < 1.29 is 14.7 Å². The fourth-order valence-corrected chi connectivity index (χ4v) is 3.53. The number of carboxylic acid groups (broad SMARTS) is 1. The average molecular weight is 314 g/mol. The quantitative estimate of drug-likeness (QED) is 0.868. The first-order valence-electron chi connectivity index (χ1n) is 6.45. The molecule has 0 aliphatic carbocycles. The average Bonchev–Trinajstić information content (AvgIpc) is 2.89. The Morgan fingerprint density at radius 2 is 2.15 bits per heavy atom. The molecule has 1 aromatic carbocycles. The van der Waals surface area contributed by atoms with E-state index in [1.807, 2.05) is 18.2 Å². The van der Waals surface area contributed by atoms with Crippen molar-refractivity contribution in [3.63, 3.8) is 0 Å². The summed E-state index contributed by atoms with van der Waals surface area (Å²) >= 11 is 7.43. The first-order valence-corrected chi connectivity index (χ1v) is 7.71.